The Morgan fingerprint density at radius 3 is 1.65 bits per heavy atom. The predicted molar refractivity (Wildman–Crippen MR) is 74.8 cm³/mol. The largest absolute Gasteiger partial charge is 0.397 e. The Balaban J connectivity index is 0.000000770. The SMILES string of the molecule is CCO.CC[N+](CC)(CC)Cc1ccccc1. The molecule has 0 aliphatic rings. The molecular weight excluding hydrogens is 210 g/mol. The van der Waals surface area contributed by atoms with Crippen molar-refractivity contribution in [2.75, 3.05) is 26.2 Å². The van der Waals surface area contributed by atoms with Crippen molar-refractivity contribution in [1.29, 1.82) is 0 Å². The van der Waals surface area contributed by atoms with Gasteiger partial charge in [0.1, 0.15) is 6.54 Å². The summed E-state index contributed by atoms with van der Waals surface area (Å²) in [6.07, 6.45) is 0. The van der Waals surface area contributed by atoms with Crippen LogP contribution in [0.4, 0.5) is 0 Å². The van der Waals surface area contributed by atoms with Crippen LogP contribution in [0.3, 0.4) is 0 Å². The summed E-state index contributed by atoms with van der Waals surface area (Å²) in [5.74, 6) is 0. The molecule has 1 aromatic rings. The van der Waals surface area contributed by atoms with Crippen LogP contribution in [0.25, 0.3) is 0 Å². The maximum atomic E-state index is 7.57. The van der Waals surface area contributed by atoms with E-state index in [1.165, 1.54) is 36.2 Å². The molecule has 0 saturated heterocycles. The normalized spacial score (nSPS) is 10.6. The zero-order valence-corrected chi connectivity index (χ0v) is 11.8. The van der Waals surface area contributed by atoms with Crippen LogP contribution in [0.5, 0.6) is 0 Å². The molecule has 0 unspecified atom stereocenters. The lowest BCUT2D eigenvalue weighted by Crippen LogP contribution is -2.46. The Morgan fingerprint density at radius 2 is 1.29 bits per heavy atom. The van der Waals surface area contributed by atoms with E-state index in [0.29, 0.717) is 0 Å². The summed E-state index contributed by atoms with van der Waals surface area (Å²) in [5.41, 5.74) is 1.46. The van der Waals surface area contributed by atoms with Gasteiger partial charge in [0, 0.05) is 12.2 Å². The summed E-state index contributed by atoms with van der Waals surface area (Å²) in [7, 11) is 0. The minimum atomic E-state index is 0.250. The quantitative estimate of drug-likeness (QED) is 0.782. The average Bonchev–Trinajstić information content (AvgIpc) is 2.38. The number of hydrogen-bond donors (Lipinski definition) is 1. The van der Waals surface area contributed by atoms with Gasteiger partial charge in [-0.05, 0) is 27.7 Å². The molecule has 0 spiro atoms. The Morgan fingerprint density at radius 1 is 0.882 bits per heavy atom. The van der Waals surface area contributed by atoms with Crippen LogP contribution in [0, 0.1) is 0 Å². The van der Waals surface area contributed by atoms with Crippen LogP contribution in [0.1, 0.15) is 33.3 Å². The molecule has 2 nitrogen and oxygen atoms in total. The topological polar surface area (TPSA) is 20.2 Å². The van der Waals surface area contributed by atoms with Gasteiger partial charge in [0.25, 0.3) is 0 Å². The van der Waals surface area contributed by atoms with Crippen molar-refractivity contribution >= 4 is 0 Å². The molecule has 98 valence electrons. The van der Waals surface area contributed by atoms with E-state index in [4.69, 9.17) is 5.11 Å². The third-order valence-corrected chi connectivity index (χ3v) is 3.37. The molecule has 1 N–H and O–H groups in total. The van der Waals surface area contributed by atoms with Gasteiger partial charge >= 0.3 is 0 Å². The smallest absolute Gasteiger partial charge is 0.104 e. The number of rotatable bonds is 5. The summed E-state index contributed by atoms with van der Waals surface area (Å²) >= 11 is 0. The van der Waals surface area contributed by atoms with Crippen LogP contribution < -0.4 is 0 Å². The molecular formula is C15H28NO+. The first-order chi connectivity index (χ1) is 8.17. The van der Waals surface area contributed by atoms with Gasteiger partial charge in [-0.2, -0.15) is 0 Å². The highest BCUT2D eigenvalue weighted by Crippen LogP contribution is 2.13. The lowest BCUT2D eigenvalue weighted by Gasteiger charge is -2.35. The Labute approximate surface area is 106 Å². The fraction of sp³-hybridized carbons (Fsp3) is 0.600. The van der Waals surface area contributed by atoms with Crippen molar-refractivity contribution in [3.8, 4) is 0 Å². The van der Waals surface area contributed by atoms with Crippen LogP contribution in [-0.2, 0) is 6.54 Å². The lowest BCUT2D eigenvalue weighted by atomic mass is 10.2. The molecule has 0 aromatic heterocycles. The van der Waals surface area contributed by atoms with Crippen molar-refractivity contribution in [1.82, 2.24) is 0 Å². The van der Waals surface area contributed by atoms with E-state index in [0.717, 1.165) is 0 Å². The highest BCUT2D eigenvalue weighted by atomic mass is 16.2. The molecule has 0 amide bonds. The summed E-state index contributed by atoms with van der Waals surface area (Å²) in [5, 5.41) is 7.57. The fourth-order valence-electron chi connectivity index (χ4n) is 1.98. The van der Waals surface area contributed by atoms with Gasteiger partial charge in [0.15, 0.2) is 0 Å². The molecule has 1 aromatic carbocycles. The number of aliphatic hydroxyl groups excluding tert-OH is 1. The molecule has 0 radical (unpaired) electrons. The average molecular weight is 238 g/mol. The van der Waals surface area contributed by atoms with E-state index in [1.807, 2.05) is 0 Å². The minimum Gasteiger partial charge on any atom is -0.397 e. The molecule has 0 aliphatic heterocycles. The predicted octanol–water partition coefficient (Wildman–Crippen LogP) is 3.06. The lowest BCUT2D eigenvalue weighted by molar-refractivity contribution is -0.936. The zero-order valence-electron chi connectivity index (χ0n) is 11.8. The molecule has 2 heteroatoms. The maximum absolute atomic E-state index is 7.57. The van der Waals surface area contributed by atoms with E-state index in [-0.39, 0.29) is 6.61 Å². The monoisotopic (exact) mass is 238 g/mol. The fourth-order valence-corrected chi connectivity index (χ4v) is 1.98. The highest BCUT2D eigenvalue weighted by molar-refractivity contribution is 5.13. The Bertz CT molecular complexity index is 259. The van der Waals surface area contributed by atoms with E-state index in [9.17, 15) is 0 Å². The zero-order chi connectivity index (χ0) is 13.1. The molecule has 1 rings (SSSR count). The van der Waals surface area contributed by atoms with E-state index in [2.05, 4.69) is 51.1 Å². The van der Waals surface area contributed by atoms with Gasteiger partial charge < -0.3 is 9.59 Å². The van der Waals surface area contributed by atoms with Crippen molar-refractivity contribution in [2.24, 2.45) is 0 Å². The molecule has 17 heavy (non-hydrogen) atoms. The highest BCUT2D eigenvalue weighted by Gasteiger charge is 2.20. The second-order valence-electron chi connectivity index (χ2n) is 4.25. The van der Waals surface area contributed by atoms with Crippen LogP contribution in [-0.4, -0.2) is 35.8 Å². The van der Waals surface area contributed by atoms with Gasteiger partial charge in [0.2, 0.25) is 0 Å². The number of benzene rings is 1. The molecule has 0 heterocycles. The van der Waals surface area contributed by atoms with E-state index >= 15 is 0 Å². The third-order valence-electron chi connectivity index (χ3n) is 3.37. The summed E-state index contributed by atoms with van der Waals surface area (Å²) in [6.45, 7) is 13.6. The standard InChI is InChI=1S/C13H22N.C2H6O/c1-4-14(5-2,6-3)12-13-10-8-7-9-11-13;1-2-3/h7-11H,4-6,12H2,1-3H3;3H,2H2,1H3/q+1;. The van der Waals surface area contributed by atoms with Gasteiger partial charge in [-0.15, -0.1) is 0 Å². The van der Waals surface area contributed by atoms with E-state index < -0.39 is 0 Å². The molecule has 0 saturated carbocycles. The molecule has 0 aliphatic carbocycles. The van der Waals surface area contributed by atoms with Crippen molar-refractivity contribution < 1.29 is 9.59 Å². The van der Waals surface area contributed by atoms with Crippen molar-refractivity contribution in [2.45, 2.75) is 34.2 Å². The molecule has 0 fully saturated rings. The molecule has 0 bridgehead atoms. The second-order valence-corrected chi connectivity index (χ2v) is 4.25. The number of hydrogen-bond acceptors (Lipinski definition) is 1. The Kier molecular flexibility index (Phi) is 8.73. The first-order valence-corrected chi connectivity index (χ1v) is 6.67. The van der Waals surface area contributed by atoms with Crippen LogP contribution >= 0.6 is 0 Å². The number of aliphatic hydroxyl groups is 1. The van der Waals surface area contributed by atoms with Crippen molar-refractivity contribution in [3.63, 3.8) is 0 Å². The molecule has 0 atom stereocenters. The maximum Gasteiger partial charge on any atom is 0.104 e. The summed E-state index contributed by atoms with van der Waals surface area (Å²) in [6, 6.07) is 10.8. The summed E-state index contributed by atoms with van der Waals surface area (Å²) < 4.78 is 1.20. The third kappa shape index (κ3) is 5.85. The van der Waals surface area contributed by atoms with Gasteiger partial charge in [0.05, 0.1) is 19.6 Å². The van der Waals surface area contributed by atoms with Crippen LogP contribution in [0.15, 0.2) is 30.3 Å². The van der Waals surface area contributed by atoms with Crippen molar-refractivity contribution in [3.05, 3.63) is 35.9 Å². The number of quaternary nitrogens is 1. The summed E-state index contributed by atoms with van der Waals surface area (Å²) in [4.78, 5) is 0. The minimum absolute atomic E-state index is 0.250. The van der Waals surface area contributed by atoms with E-state index in [1.54, 1.807) is 6.92 Å². The number of nitrogens with zero attached hydrogens (tertiary/aromatic N) is 1. The first-order valence-electron chi connectivity index (χ1n) is 6.67. The van der Waals surface area contributed by atoms with Gasteiger partial charge in [-0.1, -0.05) is 30.3 Å². The van der Waals surface area contributed by atoms with Crippen LogP contribution in [0.2, 0.25) is 0 Å². The first kappa shape index (κ1) is 16.1. The van der Waals surface area contributed by atoms with Gasteiger partial charge in [-0.3, -0.25) is 0 Å². The Hall–Kier alpha value is -0.860. The van der Waals surface area contributed by atoms with Gasteiger partial charge in [-0.25, -0.2) is 0 Å². The second kappa shape index (κ2) is 9.20.